The molecule has 3 N–H and O–H groups in total. The molecule has 2 bridgehead atoms. The lowest BCUT2D eigenvalue weighted by molar-refractivity contribution is -0.166. The minimum Gasteiger partial charge on any atom is -0.382 e. The van der Waals surface area contributed by atoms with Crippen molar-refractivity contribution in [1.82, 2.24) is 5.43 Å². The van der Waals surface area contributed by atoms with E-state index in [1.54, 1.807) is 0 Å². The van der Waals surface area contributed by atoms with Crippen LogP contribution in [-0.2, 0) is 4.74 Å². The van der Waals surface area contributed by atoms with Gasteiger partial charge in [0.1, 0.15) is 0 Å². The summed E-state index contributed by atoms with van der Waals surface area (Å²) in [6.45, 7) is 3.82. The summed E-state index contributed by atoms with van der Waals surface area (Å²) in [5.74, 6) is 5.44. The first-order valence-electron chi connectivity index (χ1n) is 4.80. The van der Waals surface area contributed by atoms with Gasteiger partial charge in [-0.05, 0) is 38.0 Å². The number of hydrogen-bond acceptors (Lipinski definition) is 3. The third-order valence-electron chi connectivity index (χ3n) is 3.43. The summed E-state index contributed by atoms with van der Waals surface area (Å²) in [5, 5.41) is 0. The van der Waals surface area contributed by atoms with Crippen LogP contribution in [0.3, 0.4) is 0 Å². The van der Waals surface area contributed by atoms with Crippen molar-refractivity contribution in [3.8, 4) is 0 Å². The normalized spacial score (nSPS) is 43.5. The summed E-state index contributed by atoms with van der Waals surface area (Å²) < 4.78 is 5.34. The summed E-state index contributed by atoms with van der Waals surface area (Å²) in [5.41, 5.74) is 3.87. The molecule has 0 aliphatic heterocycles. The van der Waals surface area contributed by atoms with Crippen molar-refractivity contribution in [3.63, 3.8) is 0 Å². The van der Waals surface area contributed by atoms with Crippen LogP contribution in [0.4, 0.5) is 0 Å². The quantitative estimate of drug-likeness (QED) is 0.364. The highest BCUT2D eigenvalue weighted by atomic mass is 16.5. The average Bonchev–Trinajstić information content (AvgIpc) is 1.92. The molecule has 0 heterocycles. The van der Waals surface area contributed by atoms with E-state index in [0.29, 0.717) is 11.0 Å². The van der Waals surface area contributed by atoms with Crippen molar-refractivity contribution in [2.45, 2.75) is 38.1 Å². The first-order chi connectivity index (χ1) is 5.74. The zero-order chi connectivity index (χ0) is 8.66. The fourth-order valence-electron chi connectivity index (χ4n) is 2.85. The standard InChI is InChI=1S/C9H18N2O/c1-2-12-4-3-8-5-9(6-8,7-8)11-10/h11H,2-7,10H2,1H3. The number of rotatable bonds is 5. The van der Waals surface area contributed by atoms with Gasteiger partial charge in [0.2, 0.25) is 0 Å². The zero-order valence-electron chi connectivity index (χ0n) is 7.73. The van der Waals surface area contributed by atoms with Crippen LogP contribution >= 0.6 is 0 Å². The zero-order valence-corrected chi connectivity index (χ0v) is 7.73. The molecule has 3 heteroatoms. The summed E-state index contributed by atoms with van der Waals surface area (Å²) >= 11 is 0. The molecule has 0 amide bonds. The second kappa shape index (κ2) is 2.69. The maximum absolute atomic E-state index is 5.44. The van der Waals surface area contributed by atoms with E-state index in [2.05, 4.69) is 5.43 Å². The molecule has 70 valence electrons. The summed E-state index contributed by atoms with van der Waals surface area (Å²) in [6, 6.07) is 0. The van der Waals surface area contributed by atoms with Gasteiger partial charge < -0.3 is 4.74 Å². The van der Waals surface area contributed by atoms with Gasteiger partial charge in [-0.2, -0.15) is 0 Å². The fourth-order valence-corrected chi connectivity index (χ4v) is 2.85. The largest absolute Gasteiger partial charge is 0.382 e. The minimum absolute atomic E-state index is 0.339. The Balaban J connectivity index is 1.67. The maximum atomic E-state index is 5.44. The average molecular weight is 170 g/mol. The predicted molar refractivity (Wildman–Crippen MR) is 47.4 cm³/mol. The number of hydrogen-bond donors (Lipinski definition) is 2. The monoisotopic (exact) mass is 170 g/mol. The third kappa shape index (κ3) is 1.08. The van der Waals surface area contributed by atoms with E-state index >= 15 is 0 Å². The van der Waals surface area contributed by atoms with Crippen LogP contribution in [0.25, 0.3) is 0 Å². The lowest BCUT2D eigenvalue weighted by Crippen LogP contribution is -2.75. The molecule has 0 atom stereocenters. The van der Waals surface area contributed by atoms with E-state index in [4.69, 9.17) is 10.6 Å². The van der Waals surface area contributed by atoms with E-state index in [9.17, 15) is 0 Å². The fraction of sp³-hybridized carbons (Fsp3) is 1.00. The SMILES string of the molecule is CCOCCC12CC(NN)(C1)C2. The van der Waals surface area contributed by atoms with Crippen LogP contribution in [0.15, 0.2) is 0 Å². The summed E-state index contributed by atoms with van der Waals surface area (Å²) in [4.78, 5) is 0. The molecule has 3 nitrogen and oxygen atoms in total. The molecule has 0 unspecified atom stereocenters. The van der Waals surface area contributed by atoms with Gasteiger partial charge in [0, 0.05) is 18.8 Å². The first-order valence-corrected chi connectivity index (χ1v) is 4.80. The highest BCUT2D eigenvalue weighted by molar-refractivity contribution is 5.21. The second-order valence-corrected chi connectivity index (χ2v) is 4.40. The van der Waals surface area contributed by atoms with E-state index in [-0.39, 0.29) is 0 Å². The van der Waals surface area contributed by atoms with Crippen molar-refractivity contribution in [2.75, 3.05) is 13.2 Å². The van der Waals surface area contributed by atoms with Crippen molar-refractivity contribution >= 4 is 0 Å². The van der Waals surface area contributed by atoms with E-state index in [0.717, 1.165) is 13.2 Å². The van der Waals surface area contributed by atoms with Crippen molar-refractivity contribution < 1.29 is 4.74 Å². The number of nitrogens with two attached hydrogens (primary N) is 1. The van der Waals surface area contributed by atoms with Crippen molar-refractivity contribution in [1.29, 1.82) is 0 Å². The van der Waals surface area contributed by atoms with Crippen LogP contribution in [0.5, 0.6) is 0 Å². The summed E-state index contributed by atoms with van der Waals surface area (Å²) in [7, 11) is 0. The van der Waals surface area contributed by atoms with Gasteiger partial charge in [0.15, 0.2) is 0 Å². The molecule has 3 aliphatic rings. The highest BCUT2D eigenvalue weighted by Gasteiger charge is 2.66. The van der Waals surface area contributed by atoms with Crippen LogP contribution in [0, 0.1) is 5.41 Å². The van der Waals surface area contributed by atoms with Crippen LogP contribution in [-0.4, -0.2) is 18.8 Å². The van der Waals surface area contributed by atoms with Gasteiger partial charge in [-0.15, -0.1) is 0 Å². The van der Waals surface area contributed by atoms with Crippen LogP contribution in [0.2, 0.25) is 0 Å². The second-order valence-electron chi connectivity index (χ2n) is 4.40. The van der Waals surface area contributed by atoms with Gasteiger partial charge in [0.25, 0.3) is 0 Å². The molecular formula is C9H18N2O. The molecule has 0 spiro atoms. The lowest BCUT2D eigenvalue weighted by Gasteiger charge is -2.70. The van der Waals surface area contributed by atoms with Gasteiger partial charge in [-0.1, -0.05) is 0 Å². The van der Waals surface area contributed by atoms with Gasteiger partial charge in [0.05, 0.1) is 0 Å². The summed E-state index contributed by atoms with van der Waals surface area (Å²) in [6.07, 6.45) is 5.03. The molecule has 3 fully saturated rings. The molecule has 0 saturated heterocycles. The Bertz CT molecular complexity index is 162. The first kappa shape index (κ1) is 8.48. The van der Waals surface area contributed by atoms with Crippen LogP contribution in [0.1, 0.15) is 32.6 Å². The Kier molecular flexibility index (Phi) is 1.90. The topological polar surface area (TPSA) is 47.3 Å². The molecular weight excluding hydrogens is 152 g/mol. The Labute approximate surface area is 73.6 Å². The Hall–Kier alpha value is -0.120. The molecule has 0 aromatic heterocycles. The lowest BCUT2D eigenvalue weighted by atomic mass is 9.39. The highest BCUT2D eigenvalue weighted by Crippen LogP contribution is 2.68. The number of ether oxygens (including phenoxy) is 1. The Morgan fingerprint density at radius 1 is 1.42 bits per heavy atom. The molecule has 3 rings (SSSR count). The molecule has 3 saturated carbocycles. The minimum atomic E-state index is 0.339. The number of hydrazine groups is 1. The maximum Gasteiger partial charge on any atom is 0.0471 e. The molecule has 0 aromatic carbocycles. The molecule has 0 radical (unpaired) electrons. The van der Waals surface area contributed by atoms with Gasteiger partial charge in [-0.25, -0.2) is 0 Å². The Morgan fingerprint density at radius 3 is 2.58 bits per heavy atom. The van der Waals surface area contributed by atoms with Gasteiger partial charge >= 0.3 is 0 Å². The van der Waals surface area contributed by atoms with Crippen LogP contribution < -0.4 is 11.3 Å². The van der Waals surface area contributed by atoms with Gasteiger partial charge in [-0.3, -0.25) is 11.3 Å². The smallest absolute Gasteiger partial charge is 0.0471 e. The Morgan fingerprint density at radius 2 is 2.08 bits per heavy atom. The van der Waals surface area contributed by atoms with Crippen molar-refractivity contribution in [3.05, 3.63) is 0 Å². The number of nitrogens with one attached hydrogen (secondary N) is 1. The predicted octanol–water partition coefficient (Wildman–Crippen LogP) is 0.799. The third-order valence-corrected chi connectivity index (χ3v) is 3.43. The molecule has 3 aliphatic carbocycles. The molecule has 0 aromatic rings. The van der Waals surface area contributed by atoms with E-state index in [1.165, 1.54) is 25.7 Å². The molecule has 12 heavy (non-hydrogen) atoms. The van der Waals surface area contributed by atoms with E-state index < -0.39 is 0 Å². The van der Waals surface area contributed by atoms with E-state index in [1.807, 2.05) is 6.92 Å². The van der Waals surface area contributed by atoms with Crippen molar-refractivity contribution in [2.24, 2.45) is 11.3 Å².